The standard InChI is InChI=1S/C25H25FN6O4S.ClH/c1-3-32-23(28)21(25(34)29-2)22(33)17-8-10-19(30-24(17)32)15-7-9-20(18(26)12-15)31-37(35,36)13-14-5-4-6-16(27)11-14;/h4-12,31H,3,13,27-28H2,1-2H3,(H,29,34);1H. The summed E-state index contributed by atoms with van der Waals surface area (Å²) in [6, 6.07) is 13.4. The van der Waals surface area contributed by atoms with E-state index in [0.717, 1.165) is 6.07 Å². The molecule has 0 unspecified atom stereocenters. The highest BCUT2D eigenvalue weighted by atomic mass is 35.5. The van der Waals surface area contributed by atoms with E-state index in [1.54, 1.807) is 25.1 Å². The van der Waals surface area contributed by atoms with Crippen molar-refractivity contribution in [2.75, 3.05) is 23.2 Å². The number of aryl methyl sites for hydroxylation is 1. The molecule has 2 aromatic carbocycles. The molecule has 0 saturated carbocycles. The van der Waals surface area contributed by atoms with Crippen molar-refractivity contribution in [2.45, 2.75) is 19.2 Å². The predicted molar refractivity (Wildman–Crippen MR) is 149 cm³/mol. The summed E-state index contributed by atoms with van der Waals surface area (Å²) in [5.74, 6) is -1.82. The van der Waals surface area contributed by atoms with Gasteiger partial charge in [-0.05, 0) is 48.9 Å². The van der Waals surface area contributed by atoms with Gasteiger partial charge in [0.1, 0.15) is 22.8 Å². The number of halogens is 2. The van der Waals surface area contributed by atoms with Gasteiger partial charge in [0.15, 0.2) is 0 Å². The smallest absolute Gasteiger partial charge is 0.258 e. The highest BCUT2D eigenvalue weighted by molar-refractivity contribution is 7.91. The second-order valence-electron chi connectivity index (χ2n) is 8.28. The fourth-order valence-electron chi connectivity index (χ4n) is 4.02. The predicted octanol–water partition coefficient (Wildman–Crippen LogP) is 3.11. The van der Waals surface area contributed by atoms with Crippen LogP contribution in [0.2, 0.25) is 0 Å². The van der Waals surface area contributed by atoms with E-state index in [1.807, 2.05) is 0 Å². The lowest BCUT2D eigenvalue weighted by Gasteiger charge is -2.16. The summed E-state index contributed by atoms with van der Waals surface area (Å²) >= 11 is 0. The van der Waals surface area contributed by atoms with Gasteiger partial charge in [0, 0.05) is 24.8 Å². The van der Waals surface area contributed by atoms with Crippen molar-refractivity contribution in [1.29, 1.82) is 0 Å². The first kappa shape index (κ1) is 28.4. The first-order valence-electron chi connectivity index (χ1n) is 11.2. The highest BCUT2D eigenvalue weighted by Crippen LogP contribution is 2.27. The average molecular weight is 561 g/mol. The molecule has 4 aromatic rings. The quantitative estimate of drug-likeness (QED) is 0.252. The minimum atomic E-state index is -3.91. The number of nitrogens with zero attached hydrogens (tertiary/aromatic N) is 2. The molecule has 0 fully saturated rings. The third kappa shape index (κ3) is 5.55. The van der Waals surface area contributed by atoms with Crippen molar-refractivity contribution in [2.24, 2.45) is 0 Å². The van der Waals surface area contributed by atoms with Crippen molar-refractivity contribution in [3.63, 3.8) is 0 Å². The van der Waals surface area contributed by atoms with E-state index in [1.165, 1.54) is 41.9 Å². The lowest BCUT2D eigenvalue weighted by atomic mass is 10.1. The number of sulfonamides is 1. The highest BCUT2D eigenvalue weighted by Gasteiger charge is 2.21. The first-order chi connectivity index (χ1) is 17.5. The summed E-state index contributed by atoms with van der Waals surface area (Å²) in [5, 5.41) is 2.60. The fourth-order valence-corrected chi connectivity index (χ4v) is 5.21. The Morgan fingerprint density at radius 1 is 1.11 bits per heavy atom. The lowest BCUT2D eigenvalue weighted by molar-refractivity contribution is 0.0962. The third-order valence-corrected chi connectivity index (χ3v) is 7.00. The second kappa shape index (κ2) is 11.1. The zero-order valence-electron chi connectivity index (χ0n) is 20.5. The number of benzene rings is 2. The molecule has 0 saturated heterocycles. The number of rotatable bonds is 7. The summed E-state index contributed by atoms with van der Waals surface area (Å²) in [7, 11) is -2.51. The van der Waals surface area contributed by atoms with Crippen LogP contribution in [-0.4, -0.2) is 30.9 Å². The normalized spacial score (nSPS) is 11.1. The fraction of sp³-hybridized carbons (Fsp3) is 0.160. The van der Waals surface area contributed by atoms with E-state index in [2.05, 4.69) is 15.0 Å². The molecule has 0 spiro atoms. The van der Waals surface area contributed by atoms with Crippen LogP contribution in [-0.2, 0) is 22.3 Å². The molecule has 6 N–H and O–H groups in total. The molecule has 200 valence electrons. The number of fused-ring (bicyclic) bond motifs is 1. The van der Waals surface area contributed by atoms with Gasteiger partial charge < -0.3 is 21.4 Å². The number of aromatic nitrogens is 2. The summed E-state index contributed by atoms with van der Waals surface area (Å²) in [6.07, 6.45) is 0. The second-order valence-corrected chi connectivity index (χ2v) is 10.0. The minimum absolute atomic E-state index is 0. The number of nitrogen functional groups attached to an aromatic ring is 2. The number of amides is 1. The van der Waals surface area contributed by atoms with Gasteiger partial charge >= 0.3 is 0 Å². The maximum Gasteiger partial charge on any atom is 0.258 e. The molecule has 0 radical (unpaired) electrons. The molecular weight excluding hydrogens is 535 g/mol. The molecule has 2 heterocycles. The Morgan fingerprint density at radius 2 is 1.84 bits per heavy atom. The van der Waals surface area contributed by atoms with E-state index >= 15 is 0 Å². The molecule has 1 amide bonds. The van der Waals surface area contributed by atoms with Gasteiger partial charge in [-0.2, -0.15) is 0 Å². The van der Waals surface area contributed by atoms with Gasteiger partial charge in [0.25, 0.3) is 5.91 Å². The van der Waals surface area contributed by atoms with E-state index in [-0.39, 0.29) is 46.3 Å². The summed E-state index contributed by atoms with van der Waals surface area (Å²) in [4.78, 5) is 29.6. The van der Waals surface area contributed by atoms with Crippen LogP contribution in [0.25, 0.3) is 22.3 Å². The minimum Gasteiger partial charge on any atom is -0.399 e. The number of pyridine rings is 2. The molecule has 38 heavy (non-hydrogen) atoms. The average Bonchev–Trinajstić information content (AvgIpc) is 2.84. The largest absolute Gasteiger partial charge is 0.399 e. The Bertz CT molecular complexity index is 1710. The van der Waals surface area contributed by atoms with E-state index in [9.17, 15) is 22.4 Å². The van der Waals surface area contributed by atoms with Crippen LogP contribution < -0.4 is 26.9 Å². The van der Waals surface area contributed by atoms with Crippen molar-refractivity contribution >= 4 is 56.6 Å². The molecule has 0 aliphatic heterocycles. The number of nitrogens with one attached hydrogen (secondary N) is 2. The monoisotopic (exact) mass is 560 g/mol. The Balaban J connectivity index is 0.00000400. The molecule has 0 bridgehead atoms. The Kier molecular flexibility index (Phi) is 8.28. The number of anilines is 3. The van der Waals surface area contributed by atoms with Crippen molar-refractivity contribution in [3.8, 4) is 11.3 Å². The SMILES string of the molecule is CCn1c(N)c(C(=O)NC)c(=O)c2ccc(-c3ccc(NS(=O)(=O)Cc4cccc(N)c4)c(F)c3)nc21.Cl. The number of hydrogen-bond donors (Lipinski definition) is 4. The van der Waals surface area contributed by atoms with Gasteiger partial charge in [-0.3, -0.25) is 14.3 Å². The van der Waals surface area contributed by atoms with E-state index in [4.69, 9.17) is 11.5 Å². The van der Waals surface area contributed by atoms with Crippen LogP contribution in [0.5, 0.6) is 0 Å². The molecule has 4 rings (SSSR count). The summed E-state index contributed by atoms with van der Waals surface area (Å²) in [5.41, 5.74) is 12.7. The van der Waals surface area contributed by atoms with E-state index in [0.29, 0.717) is 29.1 Å². The topological polar surface area (TPSA) is 162 Å². The Morgan fingerprint density at radius 3 is 2.47 bits per heavy atom. The maximum absolute atomic E-state index is 14.9. The Labute approximate surface area is 224 Å². The van der Waals surface area contributed by atoms with Crippen molar-refractivity contribution < 1.29 is 17.6 Å². The number of nitrogens with two attached hydrogens (primary N) is 2. The van der Waals surface area contributed by atoms with Gasteiger partial charge in [-0.25, -0.2) is 17.8 Å². The molecular formula is C25H26ClFN6O4S. The van der Waals surface area contributed by atoms with Crippen LogP contribution in [0, 0.1) is 5.82 Å². The zero-order valence-corrected chi connectivity index (χ0v) is 22.1. The van der Waals surface area contributed by atoms with Crippen molar-refractivity contribution in [1.82, 2.24) is 14.9 Å². The van der Waals surface area contributed by atoms with Crippen LogP contribution in [0.3, 0.4) is 0 Å². The Hall–Kier alpha value is -4.16. The molecule has 0 aliphatic carbocycles. The van der Waals surface area contributed by atoms with Gasteiger partial charge in [0.05, 0.1) is 22.5 Å². The summed E-state index contributed by atoms with van der Waals surface area (Å²) in [6.45, 7) is 2.11. The van der Waals surface area contributed by atoms with Gasteiger partial charge in [-0.1, -0.05) is 18.2 Å². The van der Waals surface area contributed by atoms with Crippen LogP contribution in [0.1, 0.15) is 22.8 Å². The third-order valence-electron chi connectivity index (χ3n) is 5.76. The van der Waals surface area contributed by atoms with Gasteiger partial charge in [-0.15, -0.1) is 12.4 Å². The van der Waals surface area contributed by atoms with Crippen LogP contribution in [0.15, 0.2) is 59.4 Å². The molecule has 13 heteroatoms. The number of carbonyl (C=O) groups is 1. The maximum atomic E-state index is 14.9. The lowest BCUT2D eigenvalue weighted by Crippen LogP contribution is -2.30. The number of hydrogen-bond acceptors (Lipinski definition) is 7. The van der Waals surface area contributed by atoms with Crippen molar-refractivity contribution in [3.05, 3.63) is 81.8 Å². The molecule has 2 aromatic heterocycles. The molecule has 0 atom stereocenters. The van der Waals surface area contributed by atoms with Crippen LogP contribution in [0.4, 0.5) is 21.6 Å². The molecule has 0 aliphatic rings. The summed E-state index contributed by atoms with van der Waals surface area (Å²) < 4.78 is 43.8. The van der Waals surface area contributed by atoms with Gasteiger partial charge in [0.2, 0.25) is 15.5 Å². The van der Waals surface area contributed by atoms with E-state index < -0.39 is 27.2 Å². The molecule has 10 nitrogen and oxygen atoms in total. The zero-order chi connectivity index (χ0) is 26.9. The first-order valence-corrected chi connectivity index (χ1v) is 12.9. The van der Waals surface area contributed by atoms with Crippen LogP contribution >= 0.6 is 12.4 Å². The number of carbonyl (C=O) groups excluding carboxylic acids is 1.